The molecule has 2 unspecified atom stereocenters. The largest absolute Gasteiger partial charge is 0.314 e. The molecule has 2 rings (SSSR count). The fourth-order valence-electron chi connectivity index (χ4n) is 3.25. The van der Waals surface area contributed by atoms with E-state index in [1.165, 1.54) is 57.2 Å². The molecule has 0 spiro atoms. The van der Waals surface area contributed by atoms with Crippen LogP contribution < -0.4 is 5.32 Å². The molecular weight excluding hydrogens is 256 g/mol. The number of benzene rings is 1. The molecule has 0 aliphatic carbocycles. The smallest absolute Gasteiger partial charge is 0.00669 e. The number of nitrogens with zero attached hydrogens (tertiary/aromatic N) is 1. The van der Waals surface area contributed by atoms with Crippen molar-refractivity contribution in [1.82, 2.24) is 10.2 Å². The summed E-state index contributed by atoms with van der Waals surface area (Å²) in [4.78, 5) is 2.67. The lowest BCUT2D eigenvalue weighted by Gasteiger charge is -2.33. The molecule has 2 heteroatoms. The van der Waals surface area contributed by atoms with Crippen LogP contribution in [0.2, 0.25) is 0 Å². The topological polar surface area (TPSA) is 15.3 Å². The zero-order chi connectivity index (χ0) is 14.9. The molecule has 1 fully saturated rings. The van der Waals surface area contributed by atoms with E-state index in [9.17, 15) is 0 Å². The number of aryl methyl sites for hydroxylation is 1. The Kier molecular flexibility index (Phi) is 7.25. The summed E-state index contributed by atoms with van der Waals surface area (Å²) >= 11 is 0. The normalized spacial score (nSPS) is 21.3. The van der Waals surface area contributed by atoms with Crippen LogP contribution in [0.15, 0.2) is 30.3 Å². The number of nitrogens with one attached hydrogen (secondary N) is 1. The van der Waals surface area contributed by atoms with Gasteiger partial charge in [-0.3, -0.25) is 0 Å². The van der Waals surface area contributed by atoms with Crippen molar-refractivity contribution < 1.29 is 0 Å². The van der Waals surface area contributed by atoms with Gasteiger partial charge in [-0.15, -0.1) is 0 Å². The second kappa shape index (κ2) is 9.22. The van der Waals surface area contributed by atoms with Crippen molar-refractivity contribution in [3.05, 3.63) is 35.9 Å². The van der Waals surface area contributed by atoms with Crippen LogP contribution in [0.4, 0.5) is 0 Å². The Bertz CT molecular complexity index is 376. The molecule has 118 valence electrons. The van der Waals surface area contributed by atoms with E-state index in [1.54, 1.807) is 0 Å². The summed E-state index contributed by atoms with van der Waals surface area (Å²) in [6.45, 7) is 8.42. The maximum Gasteiger partial charge on any atom is 0.00669 e. The second-order valence-electron chi connectivity index (χ2n) is 6.61. The van der Waals surface area contributed by atoms with Crippen molar-refractivity contribution in [2.75, 3.05) is 19.6 Å². The Hall–Kier alpha value is -0.860. The third kappa shape index (κ3) is 6.19. The van der Waals surface area contributed by atoms with Crippen molar-refractivity contribution in [2.24, 2.45) is 0 Å². The van der Waals surface area contributed by atoms with E-state index in [-0.39, 0.29) is 0 Å². The average Bonchev–Trinajstić information content (AvgIpc) is 2.52. The summed E-state index contributed by atoms with van der Waals surface area (Å²) in [5, 5.41) is 3.68. The first-order chi connectivity index (χ1) is 10.3. The highest BCUT2D eigenvalue weighted by molar-refractivity contribution is 5.14. The maximum absolute atomic E-state index is 3.68. The Morgan fingerprint density at radius 1 is 1.24 bits per heavy atom. The molecule has 0 aromatic heterocycles. The Balaban J connectivity index is 1.53. The van der Waals surface area contributed by atoms with E-state index in [4.69, 9.17) is 0 Å². The molecule has 0 radical (unpaired) electrons. The molecule has 1 N–H and O–H groups in total. The lowest BCUT2D eigenvalue weighted by molar-refractivity contribution is 0.158. The van der Waals surface area contributed by atoms with Gasteiger partial charge in [0.25, 0.3) is 0 Å². The first-order valence-electron chi connectivity index (χ1n) is 8.77. The van der Waals surface area contributed by atoms with Gasteiger partial charge in [0, 0.05) is 12.1 Å². The molecule has 1 aromatic rings. The maximum atomic E-state index is 3.68. The summed E-state index contributed by atoms with van der Waals surface area (Å²) in [6.07, 6.45) is 7.89. The van der Waals surface area contributed by atoms with Gasteiger partial charge in [0.05, 0.1) is 0 Å². The van der Waals surface area contributed by atoms with Gasteiger partial charge >= 0.3 is 0 Å². The Morgan fingerprint density at radius 3 is 2.81 bits per heavy atom. The zero-order valence-electron chi connectivity index (χ0n) is 13.9. The van der Waals surface area contributed by atoms with Gasteiger partial charge < -0.3 is 10.2 Å². The van der Waals surface area contributed by atoms with E-state index < -0.39 is 0 Å². The van der Waals surface area contributed by atoms with Crippen LogP contribution in [0.5, 0.6) is 0 Å². The molecule has 1 aromatic carbocycles. The SMILES string of the molecule is CC(CCc1ccccc1)NCCCN1CCCCC1C. The van der Waals surface area contributed by atoms with Crippen LogP contribution in [0.1, 0.15) is 51.5 Å². The van der Waals surface area contributed by atoms with E-state index in [0.29, 0.717) is 6.04 Å². The summed E-state index contributed by atoms with van der Waals surface area (Å²) in [5.74, 6) is 0. The highest BCUT2D eigenvalue weighted by Gasteiger charge is 2.17. The van der Waals surface area contributed by atoms with E-state index in [1.807, 2.05) is 0 Å². The minimum absolute atomic E-state index is 0.615. The van der Waals surface area contributed by atoms with Gasteiger partial charge in [-0.25, -0.2) is 0 Å². The standard InChI is InChI=1S/C19H32N2/c1-17(12-13-19-10-4-3-5-11-19)20-14-8-16-21-15-7-6-9-18(21)2/h3-5,10-11,17-18,20H,6-9,12-16H2,1-2H3. The van der Waals surface area contributed by atoms with Gasteiger partial charge in [-0.2, -0.15) is 0 Å². The molecule has 0 amide bonds. The Morgan fingerprint density at radius 2 is 2.05 bits per heavy atom. The van der Waals surface area contributed by atoms with Crippen LogP contribution in [-0.2, 0) is 6.42 Å². The molecule has 2 atom stereocenters. The molecule has 21 heavy (non-hydrogen) atoms. The van der Waals surface area contributed by atoms with Crippen molar-refractivity contribution in [2.45, 2.75) is 64.5 Å². The quantitative estimate of drug-likeness (QED) is 0.731. The highest BCUT2D eigenvalue weighted by Crippen LogP contribution is 2.16. The van der Waals surface area contributed by atoms with Gasteiger partial charge in [0.15, 0.2) is 0 Å². The fraction of sp³-hybridized carbons (Fsp3) is 0.684. The lowest BCUT2D eigenvalue weighted by atomic mass is 10.0. The monoisotopic (exact) mass is 288 g/mol. The zero-order valence-corrected chi connectivity index (χ0v) is 13.9. The van der Waals surface area contributed by atoms with Crippen molar-refractivity contribution >= 4 is 0 Å². The van der Waals surface area contributed by atoms with Gasteiger partial charge in [0.1, 0.15) is 0 Å². The second-order valence-corrected chi connectivity index (χ2v) is 6.61. The summed E-state index contributed by atoms with van der Waals surface area (Å²) in [7, 11) is 0. The minimum atomic E-state index is 0.615. The van der Waals surface area contributed by atoms with E-state index in [0.717, 1.165) is 12.6 Å². The Labute approximate surface area is 130 Å². The highest BCUT2D eigenvalue weighted by atomic mass is 15.2. The van der Waals surface area contributed by atoms with E-state index >= 15 is 0 Å². The van der Waals surface area contributed by atoms with Crippen LogP contribution in [0, 0.1) is 0 Å². The van der Waals surface area contributed by atoms with Crippen LogP contribution in [-0.4, -0.2) is 36.6 Å². The van der Waals surface area contributed by atoms with Gasteiger partial charge in [-0.1, -0.05) is 36.8 Å². The fourth-order valence-corrected chi connectivity index (χ4v) is 3.25. The van der Waals surface area contributed by atoms with Crippen molar-refractivity contribution in [3.63, 3.8) is 0 Å². The number of hydrogen-bond acceptors (Lipinski definition) is 2. The molecular formula is C19H32N2. The molecule has 2 nitrogen and oxygen atoms in total. The number of hydrogen-bond donors (Lipinski definition) is 1. The molecule has 1 aliphatic heterocycles. The first kappa shape index (κ1) is 16.5. The number of likely N-dealkylation sites (tertiary alicyclic amines) is 1. The third-order valence-corrected chi connectivity index (χ3v) is 4.76. The lowest BCUT2D eigenvalue weighted by Crippen LogP contribution is -2.39. The molecule has 1 aliphatic rings. The molecule has 1 heterocycles. The average molecular weight is 288 g/mol. The van der Waals surface area contributed by atoms with Gasteiger partial charge in [-0.05, 0) is 71.1 Å². The molecule has 1 saturated heterocycles. The summed E-state index contributed by atoms with van der Waals surface area (Å²) in [6, 6.07) is 12.2. The molecule has 0 bridgehead atoms. The van der Waals surface area contributed by atoms with Crippen molar-refractivity contribution in [1.29, 1.82) is 0 Å². The van der Waals surface area contributed by atoms with E-state index in [2.05, 4.69) is 54.4 Å². The van der Waals surface area contributed by atoms with Crippen LogP contribution in [0.3, 0.4) is 0 Å². The number of piperidine rings is 1. The predicted octanol–water partition coefficient (Wildman–Crippen LogP) is 3.86. The minimum Gasteiger partial charge on any atom is -0.314 e. The van der Waals surface area contributed by atoms with Crippen LogP contribution in [0.25, 0.3) is 0 Å². The summed E-state index contributed by atoms with van der Waals surface area (Å²) < 4.78 is 0. The molecule has 0 saturated carbocycles. The predicted molar refractivity (Wildman–Crippen MR) is 91.7 cm³/mol. The van der Waals surface area contributed by atoms with Crippen molar-refractivity contribution in [3.8, 4) is 0 Å². The van der Waals surface area contributed by atoms with Crippen LogP contribution >= 0.6 is 0 Å². The van der Waals surface area contributed by atoms with Gasteiger partial charge in [0.2, 0.25) is 0 Å². The number of rotatable bonds is 8. The first-order valence-corrected chi connectivity index (χ1v) is 8.77. The third-order valence-electron chi connectivity index (χ3n) is 4.76. The summed E-state index contributed by atoms with van der Waals surface area (Å²) in [5.41, 5.74) is 1.45.